The first-order chi connectivity index (χ1) is 7.25. The summed E-state index contributed by atoms with van der Waals surface area (Å²) in [5.41, 5.74) is 1.12. The Hall–Kier alpha value is -0.0600. The highest BCUT2D eigenvalue weighted by Crippen LogP contribution is 2.30. The number of anilines is 1. The maximum Gasteiger partial charge on any atom is 0.0628 e. The van der Waals surface area contributed by atoms with Gasteiger partial charge in [-0.1, -0.05) is 6.07 Å². The topological polar surface area (TPSA) is 21.3 Å². The molecule has 1 N–H and O–H groups in total. The van der Waals surface area contributed by atoms with Gasteiger partial charge in [-0.3, -0.25) is 0 Å². The molecule has 0 aliphatic heterocycles. The molecule has 0 aliphatic carbocycles. The first kappa shape index (κ1) is 13.0. The minimum atomic E-state index is 0.832. The van der Waals surface area contributed by atoms with Crippen LogP contribution in [0, 0.1) is 0 Å². The lowest BCUT2D eigenvalue weighted by Gasteiger charge is -2.10. The lowest BCUT2D eigenvalue weighted by Crippen LogP contribution is -2.04. The van der Waals surface area contributed by atoms with Gasteiger partial charge in [-0.15, -0.1) is 0 Å². The van der Waals surface area contributed by atoms with E-state index in [4.69, 9.17) is 4.74 Å². The van der Waals surface area contributed by atoms with E-state index >= 15 is 0 Å². The summed E-state index contributed by atoms with van der Waals surface area (Å²) in [6.07, 6.45) is 2.20. The molecular formula is C11H15Br2NO. The molecular weight excluding hydrogens is 322 g/mol. The lowest BCUT2D eigenvalue weighted by atomic mass is 10.3. The van der Waals surface area contributed by atoms with E-state index in [2.05, 4.69) is 37.2 Å². The molecule has 0 fully saturated rings. The molecule has 0 bridgehead atoms. The summed E-state index contributed by atoms with van der Waals surface area (Å²) >= 11 is 7.03. The maximum absolute atomic E-state index is 5.00. The van der Waals surface area contributed by atoms with Gasteiger partial charge in [0, 0.05) is 29.2 Å². The number of ether oxygens (including phenoxy) is 1. The zero-order valence-electron chi connectivity index (χ0n) is 8.72. The minimum absolute atomic E-state index is 0.832. The van der Waals surface area contributed by atoms with E-state index in [-0.39, 0.29) is 0 Å². The Labute approximate surface area is 108 Å². The average molecular weight is 337 g/mol. The first-order valence-corrected chi connectivity index (χ1v) is 6.51. The first-order valence-electron chi connectivity index (χ1n) is 4.92. The van der Waals surface area contributed by atoms with E-state index in [1.807, 2.05) is 18.2 Å². The van der Waals surface area contributed by atoms with Crippen LogP contribution in [-0.2, 0) is 4.74 Å². The summed E-state index contributed by atoms with van der Waals surface area (Å²) in [6.45, 7) is 1.80. The van der Waals surface area contributed by atoms with E-state index in [1.54, 1.807) is 7.11 Å². The molecule has 0 atom stereocenters. The van der Waals surface area contributed by atoms with Gasteiger partial charge < -0.3 is 10.1 Å². The quantitative estimate of drug-likeness (QED) is 0.791. The fourth-order valence-corrected chi connectivity index (χ4v) is 2.53. The van der Waals surface area contributed by atoms with Crippen molar-refractivity contribution in [2.45, 2.75) is 12.8 Å². The SMILES string of the molecule is COCCCCNc1c(Br)cccc1Br. The minimum Gasteiger partial charge on any atom is -0.385 e. The van der Waals surface area contributed by atoms with E-state index in [1.165, 1.54) is 0 Å². The highest BCUT2D eigenvalue weighted by atomic mass is 79.9. The van der Waals surface area contributed by atoms with E-state index in [0.717, 1.165) is 40.6 Å². The normalized spacial score (nSPS) is 10.3. The van der Waals surface area contributed by atoms with Crippen LogP contribution in [0.3, 0.4) is 0 Å². The summed E-state index contributed by atoms with van der Waals surface area (Å²) in [5.74, 6) is 0. The number of hydrogen-bond donors (Lipinski definition) is 1. The third-order valence-corrected chi connectivity index (χ3v) is 3.36. The fraction of sp³-hybridized carbons (Fsp3) is 0.455. The van der Waals surface area contributed by atoms with Gasteiger partial charge in [-0.25, -0.2) is 0 Å². The van der Waals surface area contributed by atoms with Crippen molar-refractivity contribution in [3.8, 4) is 0 Å². The monoisotopic (exact) mass is 335 g/mol. The van der Waals surface area contributed by atoms with Crippen LogP contribution in [0.1, 0.15) is 12.8 Å². The van der Waals surface area contributed by atoms with Crippen LogP contribution in [0.15, 0.2) is 27.1 Å². The number of para-hydroxylation sites is 1. The van der Waals surface area contributed by atoms with Crippen molar-refractivity contribution in [3.63, 3.8) is 0 Å². The number of methoxy groups -OCH3 is 1. The fourth-order valence-electron chi connectivity index (χ4n) is 1.25. The second kappa shape index (κ2) is 7.25. The Balaban J connectivity index is 2.37. The van der Waals surface area contributed by atoms with E-state index in [9.17, 15) is 0 Å². The van der Waals surface area contributed by atoms with Gasteiger partial charge in [0.05, 0.1) is 5.69 Å². The molecule has 0 saturated carbocycles. The predicted molar refractivity (Wildman–Crippen MR) is 71.4 cm³/mol. The summed E-state index contributed by atoms with van der Waals surface area (Å²) < 4.78 is 7.17. The standard InChI is InChI=1S/C11H15Br2NO/c1-15-8-3-2-7-14-11-9(12)5-4-6-10(11)13/h4-6,14H,2-3,7-8H2,1H3. The molecule has 0 spiro atoms. The zero-order valence-corrected chi connectivity index (χ0v) is 11.9. The molecule has 0 heterocycles. The van der Waals surface area contributed by atoms with Crippen molar-refractivity contribution in [3.05, 3.63) is 27.1 Å². The number of halogens is 2. The number of unbranched alkanes of at least 4 members (excludes halogenated alkanes) is 1. The molecule has 0 aliphatic rings. The summed E-state index contributed by atoms with van der Waals surface area (Å²) in [7, 11) is 1.73. The summed E-state index contributed by atoms with van der Waals surface area (Å²) in [4.78, 5) is 0. The van der Waals surface area contributed by atoms with Crippen LogP contribution in [0.2, 0.25) is 0 Å². The van der Waals surface area contributed by atoms with Crippen LogP contribution >= 0.6 is 31.9 Å². The van der Waals surface area contributed by atoms with Gasteiger partial charge in [-0.2, -0.15) is 0 Å². The Kier molecular flexibility index (Phi) is 6.29. The van der Waals surface area contributed by atoms with Gasteiger partial charge in [0.15, 0.2) is 0 Å². The number of rotatable bonds is 6. The van der Waals surface area contributed by atoms with Gasteiger partial charge >= 0.3 is 0 Å². The predicted octanol–water partition coefficient (Wildman–Crippen LogP) is 4.05. The second-order valence-electron chi connectivity index (χ2n) is 3.22. The Morgan fingerprint density at radius 2 is 1.87 bits per heavy atom. The molecule has 15 heavy (non-hydrogen) atoms. The largest absolute Gasteiger partial charge is 0.385 e. The van der Waals surface area contributed by atoms with Crippen LogP contribution < -0.4 is 5.32 Å². The van der Waals surface area contributed by atoms with Crippen LogP contribution in [0.4, 0.5) is 5.69 Å². The molecule has 0 saturated heterocycles. The van der Waals surface area contributed by atoms with Gasteiger partial charge in [0.2, 0.25) is 0 Å². The Morgan fingerprint density at radius 3 is 2.47 bits per heavy atom. The van der Waals surface area contributed by atoms with Crippen molar-refractivity contribution < 1.29 is 4.74 Å². The molecule has 0 amide bonds. The van der Waals surface area contributed by atoms with Gasteiger partial charge in [-0.05, 0) is 56.8 Å². The Bertz CT molecular complexity index is 284. The van der Waals surface area contributed by atoms with Gasteiger partial charge in [0.1, 0.15) is 0 Å². The van der Waals surface area contributed by atoms with E-state index < -0.39 is 0 Å². The number of hydrogen-bond acceptors (Lipinski definition) is 2. The molecule has 0 unspecified atom stereocenters. The second-order valence-corrected chi connectivity index (χ2v) is 4.93. The highest BCUT2D eigenvalue weighted by molar-refractivity contribution is 9.11. The molecule has 0 radical (unpaired) electrons. The molecule has 1 rings (SSSR count). The van der Waals surface area contributed by atoms with Crippen molar-refractivity contribution in [2.75, 3.05) is 25.6 Å². The molecule has 1 aromatic rings. The average Bonchev–Trinajstić information content (AvgIpc) is 2.21. The smallest absolute Gasteiger partial charge is 0.0628 e. The zero-order chi connectivity index (χ0) is 11.1. The van der Waals surface area contributed by atoms with Crippen LogP contribution in [-0.4, -0.2) is 20.3 Å². The van der Waals surface area contributed by atoms with Crippen molar-refractivity contribution >= 4 is 37.5 Å². The number of benzene rings is 1. The van der Waals surface area contributed by atoms with Gasteiger partial charge in [0.25, 0.3) is 0 Å². The molecule has 1 aromatic carbocycles. The molecule has 0 aromatic heterocycles. The van der Waals surface area contributed by atoms with Crippen LogP contribution in [0.5, 0.6) is 0 Å². The lowest BCUT2D eigenvalue weighted by molar-refractivity contribution is 0.194. The van der Waals surface area contributed by atoms with E-state index in [0.29, 0.717) is 0 Å². The summed E-state index contributed by atoms with van der Waals surface area (Å²) in [5, 5.41) is 3.39. The molecule has 2 nitrogen and oxygen atoms in total. The Morgan fingerprint density at radius 1 is 1.20 bits per heavy atom. The van der Waals surface area contributed by atoms with Crippen molar-refractivity contribution in [1.82, 2.24) is 0 Å². The third-order valence-electron chi connectivity index (χ3n) is 2.04. The summed E-state index contributed by atoms with van der Waals surface area (Å²) in [6, 6.07) is 6.06. The highest BCUT2D eigenvalue weighted by Gasteiger charge is 2.02. The molecule has 4 heteroatoms. The van der Waals surface area contributed by atoms with Crippen molar-refractivity contribution in [1.29, 1.82) is 0 Å². The van der Waals surface area contributed by atoms with Crippen molar-refractivity contribution in [2.24, 2.45) is 0 Å². The molecule has 84 valence electrons. The number of nitrogens with one attached hydrogen (secondary N) is 1. The van der Waals surface area contributed by atoms with Crippen LogP contribution in [0.25, 0.3) is 0 Å². The third kappa shape index (κ3) is 4.53. The maximum atomic E-state index is 5.00.